The lowest BCUT2D eigenvalue weighted by Gasteiger charge is -2.14. The lowest BCUT2D eigenvalue weighted by molar-refractivity contribution is 0.991. The average molecular weight is 532 g/mol. The van der Waals surface area contributed by atoms with Crippen molar-refractivity contribution < 1.29 is 0 Å². The van der Waals surface area contributed by atoms with Gasteiger partial charge in [-0.05, 0) is 60.4 Å². The maximum absolute atomic E-state index is 5.18. The zero-order chi connectivity index (χ0) is 26.8. The van der Waals surface area contributed by atoms with Gasteiger partial charge in [-0.2, -0.15) is 0 Å². The van der Waals surface area contributed by atoms with E-state index in [1.54, 1.807) is 0 Å². The van der Waals surface area contributed by atoms with Gasteiger partial charge in [0, 0.05) is 42.7 Å². The Balaban J connectivity index is 1.37. The van der Waals surface area contributed by atoms with Crippen LogP contribution in [0.4, 0.5) is 0 Å². The van der Waals surface area contributed by atoms with Gasteiger partial charge in [-0.3, -0.25) is 4.57 Å². The SMILES string of the molecule is Cc1ccccc1-c1cccc(-c2ccnc(-n3c4ccccc4c4c5sc6ccccc6c5ccc43)n2)c1C. The average Bonchev–Trinajstić information content (AvgIpc) is 3.54. The van der Waals surface area contributed by atoms with E-state index in [1.807, 2.05) is 23.6 Å². The largest absolute Gasteiger partial charge is 0.278 e. The van der Waals surface area contributed by atoms with Crippen molar-refractivity contribution in [2.45, 2.75) is 13.8 Å². The van der Waals surface area contributed by atoms with Gasteiger partial charge >= 0.3 is 0 Å². The van der Waals surface area contributed by atoms with Crippen molar-refractivity contribution >= 4 is 53.3 Å². The number of thiophene rings is 1. The van der Waals surface area contributed by atoms with E-state index in [9.17, 15) is 0 Å². The maximum atomic E-state index is 5.18. The van der Waals surface area contributed by atoms with Crippen LogP contribution in [0.25, 0.3) is 70.3 Å². The number of rotatable bonds is 3. The zero-order valence-corrected chi connectivity index (χ0v) is 23.0. The van der Waals surface area contributed by atoms with Crippen LogP contribution in [0.5, 0.6) is 0 Å². The zero-order valence-electron chi connectivity index (χ0n) is 22.2. The van der Waals surface area contributed by atoms with Gasteiger partial charge in [-0.25, -0.2) is 9.97 Å². The number of nitrogens with zero attached hydrogens (tertiary/aromatic N) is 3. The summed E-state index contributed by atoms with van der Waals surface area (Å²) in [5.74, 6) is 0.685. The second-order valence-electron chi connectivity index (χ2n) is 10.3. The summed E-state index contributed by atoms with van der Waals surface area (Å²) in [4.78, 5) is 9.99. The number of hydrogen-bond acceptors (Lipinski definition) is 3. The summed E-state index contributed by atoms with van der Waals surface area (Å²) in [6.45, 7) is 4.36. The minimum atomic E-state index is 0.685. The monoisotopic (exact) mass is 531 g/mol. The summed E-state index contributed by atoms with van der Waals surface area (Å²) >= 11 is 1.86. The van der Waals surface area contributed by atoms with Gasteiger partial charge < -0.3 is 0 Å². The van der Waals surface area contributed by atoms with Crippen molar-refractivity contribution in [1.82, 2.24) is 14.5 Å². The molecule has 0 aliphatic heterocycles. The van der Waals surface area contributed by atoms with Gasteiger partial charge in [0.1, 0.15) is 0 Å². The molecule has 3 nitrogen and oxygen atoms in total. The van der Waals surface area contributed by atoms with E-state index in [4.69, 9.17) is 9.97 Å². The number of para-hydroxylation sites is 1. The molecule has 0 bridgehead atoms. The van der Waals surface area contributed by atoms with Gasteiger partial charge in [-0.1, -0.05) is 84.9 Å². The van der Waals surface area contributed by atoms with Crippen LogP contribution in [-0.4, -0.2) is 14.5 Å². The fourth-order valence-electron chi connectivity index (χ4n) is 6.14. The van der Waals surface area contributed by atoms with Crippen molar-refractivity contribution in [3.05, 3.63) is 127 Å². The first-order valence-corrected chi connectivity index (χ1v) is 14.3. The first kappa shape index (κ1) is 23.1. The van der Waals surface area contributed by atoms with Crippen LogP contribution in [-0.2, 0) is 0 Å². The van der Waals surface area contributed by atoms with Crippen molar-refractivity contribution in [2.75, 3.05) is 0 Å². The Hall–Kier alpha value is -4.80. The van der Waals surface area contributed by atoms with Gasteiger partial charge in [0.25, 0.3) is 0 Å². The van der Waals surface area contributed by atoms with E-state index in [2.05, 4.69) is 122 Å². The van der Waals surface area contributed by atoms with E-state index in [0.29, 0.717) is 5.95 Å². The Kier molecular flexibility index (Phi) is 5.13. The topological polar surface area (TPSA) is 30.7 Å². The standard InChI is InChI=1S/C36H25N3S/c1-22-10-3-4-11-24(22)25-14-9-15-26(23(25)2)30-20-21-37-36(38-30)39-31-16-7-5-13-29(31)34-32(39)19-18-28-27-12-6-8-17-33(27)40-35(28)34/h3-21H,1-2H3. The minimum Gasteiger partial charge on any atom is -0.278 e. The molecule has 0 aliphatic carbocycles. The normalized spacial score (nSPS) is 11.8. The molecule has 0 atom stereocenters. The third-order valence-corrected chi connectivity index (χ3v) is 9.27. The Bertz CT molecular complexity index is 2250. The molecule has 0 spiro atoms. The number of benzene rings is 5. The molecule has 0 radical (unpaired) electrons. The molecular weight excluding hydrogens is 506 g/mol. The molecule has 3 aromatic heterocycles. The minimum absolute atomic E-state index is 0.685. The van der Waals surface area contributed by atoms with Crippen LogP contribution in [0, 0.1) is 13.8 Å². The maximum Gasteiger partial charge on any atom is 0.235 e. The molecule has 0 fully saturated rings. The number of fused-ring (bicyclic) bond motifs is 7. The van der Waals surface area contributed by atoms with Crippen molar-refractivity contribution in [3.63, 3.8) is 0 Å². The van der Waals surface area contributed by atoms with E-state index in [1.165, 1.54) is 53.2 Å². The molecule has 0 amide bonds. The van der Waals surface area contributed by atoms with E-state index >= 15 is 0 Å². The van der Waals surface area contributed by atoms with Crippen molar-refractivity contribution in [3.8, 4) is 28.3 Å². The Morgan fingerprint density at radius 3 is 2.25 bits per heavy atom. The van der Waals surface area contributed by atoms with Crippen molar-refractivity contribution in [2.24, 2.45) is 0 Å². The molecule has 40 heavy (non-hydrogen) atoms. The van der Waals surface area contributed by atoms with Crippen LogP contribution in [0.3, 0.4) is 0 Å². The summed E-state index contributed by atoms with van der Waals surface area (Å²) in [7, 11) is 0. The highest BCUT2D eigenvalue weighted by Gasteiger charge is 2.19. The van der Waals surface area contributed by atoms with Gasteiger partial charge in [0.2, 0.25) is 5.95 Å². The highest BCUT2D eigenvalue weighted by atomic mass is 32.1. The molecule has 8 rings (SSSR count). The lowest BCUT2D eigenvalue weighted by Crippen LogP contribution is -2.02. The lowest BCUT2D eigenvalue weighted by atomic mass is 9.92. The Labute approximate surface area is 236 Å². The van der Waals surface area contributed by atoms with Gasteiger partial charge in [0.05, 0.1) is 16.7 Å². The fraction of sp³-hybridized carbons (Fsp3) is 0.0556. The molecule has 0 aliphatic rings. The first-order valence-electron chi connectivity index (χ1n) is 13.5. The third kappa shape index (κ3) is 3.36. The van der Waals surface area contributed by atoms with E-state index in [-0.39, 0.29) is 0 Å². The molecule has 4 heteroatoms. The number of hydrogen-bond donors (Lipinski definition) is 0. The van der Waals surface area contributed by atoms with E-state index in [0.717, 1.165) is 22.3 Å². The van der Waals surface area contributed by atoms with Crippen LogP contribution >= 0.6 is 11.3 Å². The quantitative estimate of drug-likeness (QED) is 0.227. The molecule has 0 saturated carbocycles. The predicted octanol–water partition coefficient (Wildman–Crippen LogP) is 9.89. The Morgan fingerprint density at radius 2 is 1.35 bits per heavy atom. The van der Waals surface area contributed by atoms with Crippen molar-refractivity contribution in [1.29, 1.82) is 0 Å². The summed E-state index contributed by atoms with van der Waals surface area (Å²) in [5, 5.41) is 5.10. The van der Waals surface area contributed by atoms with Crippen LogP contribution in [0.1, 0.15) is 11.1 Å². The van der Waals surface area contributed by atoms with Crippen LogP contribution in [0.15, 0.2) is 115 Å². The molecule has 3 heterocycles. The Morgan fingerprint density at radius 1 is 0.600 bits per heavy atom. The molecule has 190 valence electrons. The van der Waals surface area contributed by atoms with Crippen LogP contribution in [0.2, 0.25) is 0 Å². The molecule has 5 aromatic carbocycles. The van der Waals surface area contributed by atoms with E-state index < -0.39 is 0 Å². The summed E-state index contributed by atoms with van der Waals surface area (Å²) in [5.41, 5.74) is 9.27. The number of aryl methyl sites for hydroxylation is 1. The molecule has 8 aromatic rings. The highest BCUT2D eigenvalue weighted by molar-refractivity contribution is 7.26. The molecule has 0 N–H and O–H groups in total. The summed E-state index contributed by atoms with van der Waals surface area (Å²) in [6, 6.07) is 38.8. The third-order valence-electron chi connectivity index (χ3n) is 8.07. The second-order valence-corrected chi connectivity index (χ2v) is 11.4. The van der Waals surface area contributed by atoms with Gasteiger partial charge in [-0.15, -0.1) is 11.3 Å². The highest BCUT2D eigenvalue weighted by Crippen LogP contribution is 2.43. The fourth-order valence-corrected chi connectivity index (χ4v) is 7.40. The summed E-state index contributed by atoms with van der Waals surface area (Å²) < 4.78 is 4.84. The molecule has 0 unspecified atom stereocenters. The van der Waals surface area contributed by atoms with Gasteiger partial charge in [0.15, 0.2) is 0 Å². The summed E-state index contributed by atoms with van der Waals surface area (Å²) in [6.07, 6.45) is 1.89. The smallest absolute Gasteiger partial charge is 0.235 e. The second kappa shape index (κ2) is 8.87. The number of aromatic nitrogens is 3. The predicted molar refractivity (Wildman–Crippen MR) is 170 cm³/mol. The molecule has 0 saturated heterocycles. The molecular formula is C36H25N3S. The van der Waals surface area contributed by atoms with Crippen LogP contribution < -0.4 is 0 Å². The first-order chi connectivity index (χ1) is 19.7.